The Morgan fingerprint density at radius 3 is 1.69 bits per heavy atom. The molecule has 1 aliphatic carbocycles. The molecule has 32 heavy (non-hydrogen) atoms. The van der Waals surface area contributed by atoms with Gasteiger partial charge in [-0.25, -0.2) is 0 Å². The zero-order chi connectivity index (χ0) is 22.0. The molecule has 4 atom stereocenters. The number of carbonyl (C=O) groups excluding carboxylic acids is 1. The molecule has 0 radical (unpaired) electrons. The maximum absolute atomic E-state index is 14.0. The number of hydrogen-bond donors (Lipinski definition) is 1. The van der Waals surface area contributed by atoms with Gasteiger partial charge in [-0.05, 0) is 29.0 Å². The van der Waals surface area contributed by atoms with Crippen molar-refractivity contribution in [1.82, 2.24) is 0 Å². The van der Waals surface area contributed by atoms with Gasteiger partial charge in [0.1, 0.15) is 5.60 Å². The van der Waals surface area contributed by atoms with Crippen LogP contribution in [0.4, 0.5) is 0 Å². The van der Waals surface area contributed by atoms with Gasteiger partial charge < -0.3 is 5.11 Å². The fourth-order valence-corrected chi connectivity index (χ4v) is 5.43. The first-order chi connectivity index (χ1) is 15.7. The number of ketones is 1. The van der Waals surface area contributed by atoms with Crippen LogP contribution >= 0.6 is 0 Å². The van der Waals surface area contributed by atoms with Gasteiger partial charge >= 0.3 is 0 Å². The lowest BCUT2D eigenvalue weighted by atomic mass is 9.73. The molecule has 0 spiro atoms. The van der Waals surface area contributed by atoms with Crippen molar-refractivity contribution in [2.24, 2.45) is 5.92 Å². The fourth-order valence-electron chi connectivity index (χ4n) is 5.43. The van der Waals surface area contributed by atoms with E-state index in [1.165, 1.54) is 0 Å². The SMILES string of the molecule is O=C(c1ccccc1)[C@H]1[C@H](c2ccccc2)[C@@H](c2ccccc2)C[C@]1(O)c1ccccc1. The third kappa shape index (κ3) is 3.57. The summed E-state index contributed by atoms with van der Waals surface area (Å²) in [5, 5.41) is 12.3. The van der Waals surface area contributed by atoms with Gasteiger partial charge in [-0.2, -0.15) is 0 Å². The van der Waals surface area contributed by atoms with Crippen molar-refractivity contribution in [1.29, 1.82) is 0 Å². The van der Waals surface area contributed by atoms with Gasteiger partial charge in [0.15, 0.2) is 5.78 Å². The summed E-state index contributed by atoms with van der Waals surface area (Å²) < 4.78 is 0. The molecule has 5 rings (SSSR count). The number of Topliss-reactive ketones (excluding diaryl/α,β-unsaturated/α-hetero) is 1. The van der Waals surface area contributed by atoms with Crippen LogP contribution in [0.1, 0.15) is 45.3 Å². The molecule has 0 aliphatic heterocycles. The maximum atomic E-state index is 14.0. The predicted molar refractivity (Wildman–Crippen MR) is 128 cm³/mol. The van der Waals surface area contributed by atoms with Crippen LogP contribution in [0.5, 0.6) is 0 Å². The first-order valence-corrected chi connectivity index (χ1v) is 11.2. The quantitative estimate of drug-likeness (QED) is 0.384. The normalized spacial score (nSPS) is 24.8. The predicted octanol–water partition coefficient (Wildman–Crippen LogP) is 6.34. The van der Waals surface area contributed by atoms with E-state index in [-0.39, 0.29) is 17.6 Å². The molecule has 4 aromatic carbocycles. The van der Waals surface area contributed by atoms with Gasteiger partial charge in [0.2, 0.25) is 0 Å². The van der Waals surface area contributed by atoms with Crippen LogP contribution in [-0.4, -0.2) is 10.9 Å². The van der Waals surface area contributed by atoms with E-state index in [9.17, 15) is 9.90 Å². The van der Waals surface area contributed by atoms with Crippen LogP contribution < -0.4 is 0 Å². The molecule has 2 heteroatoms. The van der Waals surface area contributed by atoms with Gasteiger partial charge in [-0.15, -0.1) is 0 Å². The largest absolute Gasteiger partial charge is 0.384 e. The lowest BCUT2D eigenvalue weighted by Gasteiger charge is -2.32. The van der Waals surface area contributed by atoms with E-state index < -0.39 is 11.5 Å². The second-order valence-electron chi connectivity index (χ2n) is 8.66. The van der Waals surface area contributed by atoms with E-state index >= 15 is 0 Å². The van der Waals surface area contributed by atoms with Crippen molar-refractivity contribution in [2.75, 3.05) is 0 Å². The van der Waals surface area contributed by atoms with Gasteiger partial charge in [-0.3, -0.25) is 4.79 Å². The summed E-state index contributed by atoms with van der Waals surface area (Å²) in [5.41, 5.74) is 2.41. The van der Waals surface area contributed by atoms with Crippen molar-refractivity contribution in [3.05, 3.63) is 144 Å². The van der Waals surface area contributed by atoms with Gasteiger partial charge in [0, 0.05) is 11.5 Å². The topological polar surface area (TPSA) is 37.3 Å². The van der Waals surface area contributed by atoms with E-state index in [0.717, 1.165) is 16.7 Å². The second-order valence-corrected chi connectivity index (χ2v) is 8.66. The Bertz CT molecular complexity index is 1170. The highest BCUT2D eigenvalue weighted by atomic mass is 16.3. The number of benzene rings is 4. The maximum Gasteiger partial charge on any atom is 0.169 e. The lowest BCUT2D eigenvalue weighted by molar-refractivity contribution is -0.000254. The van der Waals surface area contributed by atoms with Crippen LogP contribution in [0.2, 0.25) is 0 Å². The molecule has 1 aliphatic rings. The van der Waals surface area contributed by atoms with Gasteiger partial charge in [-0.1, -0.05) is 121 Å². The summed E-state index contributed by atoms with van der Waals surface area (Å²) in [6, 6.07) is 39.6. The number of carbonyl (C=O) groups is 1. The molecular formula is C30H26O2. The third-order valence-corrected chi connectivity index (χ3v) is 6.86. The van der Waals surface area contributed by atoms with Crippen LogP contribution in [0.3, 0.4) is 0 Å². The van der Waals surface area contributed by atoms with E-state index in [4.69, 9.17) is 0 Å². The third-order valence-electron chi connectivity index (χ3n) is 6.86. The van der Waals surface area contributed by atoms with E-state index in [0.29, 0.717) is 12.0 Å². The molecule has 1 fully saturated rings. The molecule has 0 bridgehead atoms. The molecule has 0 saturated heterocycles. The molecule has 0 amide bonds. The number of aliphatic hydroxyl groups is 1. The van der Waals surface area contributed by atoms with Crippen LogP contribution in [0, 0.1) is 5.92 Å². The molecule has 2 nitrogen and oxygen atoms in total. The highest BCUT2D eigenvalue weighted by Gasteiger charge is 2.57. The number of rotatable bonds is 5. The van der Waals surface area contributed by atoms with Crippen LogP contribution in [0.25, 0.3) is 0 Å². The first kappa shape index (κ1) is 20.4. The summed E-state index contributed by atoms with van der Waals surface area (Å²) in [7, 11) is 0. The Morgan fingerprint density at radius 2 is 1.12 bits per heavy atom. The summed E-state index contributed by atoms with van der Waals surface area (Å²) in [6.45, 7) is 0. The number of hydrogen-bond acceptors (Lipinski definition) is 2. The molecule has 0 unspecified atom stereocenters. The molecule has 158 valence electrons. The minimum absolute atomic E-state index is 0.00997. The lowest BCUT2D eigenvalue weighted by Crippen LogP contribution is -2.37. The van der Waals surface area contributed by atoms with E-state index in [1.54, 1.807) is 0 Å². The van der Waals surface area contributed by atoms with Crippen molar-refractivity contribution >= 4 is 5.78 Å². The summed E-state index contributed by atoms with van der Waals surface area (Å²) in [4.78, 5) is 14.0. The average molecular weight is 419 g/mol. The highest BCUT2D eigenvalue weighted by molar-refractivity contribution is 5.99. The first-order valence-electron chi connectivity index (χ1n) is 11.2. The Morgan fingerprint density at radius 1 is 0.656 bits per heavy atom. The zero-order valence-electron chi connectivity index (χ0n) is 17.8. The van der Waals surface area contributed by atoms with Crippen LogP contribution in [-0.2, 0) is 5.60 Å². The van der Waals surface area contributed by atoms with Crippen LogP contribution in [0.15, 0.2) is 121 Å². The summed E-state index contributed by atoms with van der Waals surface area (Å²) in [5.74, 6) is -0.734. The van der Waals surface area contributed by atoms with Gasteiger partial charge in [0.05, 0.1) is 5.92 Å². The molecular weight excluding hydrogens is 392 g/mol. The molecule has 0 aromatic heterocycles. The Balaban J connectivity index is 1.72. The smallest absolute Gasteiger partial charge is 0.169 e. The Kier molecular flexibility index (Phi) is 5.46. The fraction of sp³-hybridized carbons (Fsp3) is 0.167. The highest BCUT2D eigenvalue weighted by Crippen LogP contribution is 2.59. The summed E-state index contributed by atoms with van der Waals surface area (Å²) >= 11 is 0. The van der Waals surface area contributed by atoms with E-state index in [1.807, 2.05) is 97.1 Å². The second kappa shape index (κ2) is 8.57. The average Bonchev–Trinajstić information content (AvgIpc) is 3.20. The molecule has 0 heterocycles. The Hall–Kier alpha value is -3.49. The van der Waals surface area contributed by atoms with Crippen molar-refractivity contribution in [3.63, 3.8) is 0 Å². The minimum atomic E-state index is -1.27. The van der Waals surface area contributed by atoms with Crippen molar-refractivity contribution in [3.8, 4) is 0 Å². The summed E-state index contributed by atoms with van der Waals surface area (Å²) in [6.07, 6.45) is 0.490. The molecule has 1 N–H and O–H groups in total. The van der Waals surface area contributed by atoms with E-state index in [2.05, 4.69) is 24.3 Å². The standard InChI is InChI=1S/C30H26O2/c31-29(24-17-9-3-10-18-24)28-27(23-15-7-2-8-16-23)26(22-13-5-1-6-14-22)21-30(28,32)25-19-11-4-12-20-25/h1-20,26-28,32H,21H2/t26-,27-,28-,30+/m1/s1. The molecule has 1 saturated carbocycles. The van der Waals surface area contributed by atoms with Crippen molar-refractivity contribution < 1.29 is 9.90 Å². The monoisotopic (exact) mass is 418 g/mol. The van der Waals surface area contributed by atoms with Gasteiger partial charge in [0.25, 0.3) is 0 Å². The van der Waals surface area contributed by atoms with Crippen molar-refractivity contribution in [2.45, 2.75) is 23.9 Å². The molecule has 4 aromatic rings. The zero-order valence-corrected chi connectivity index (χ0v) is 17.8. The minimum Gasteiger partial charge on any atom is -0.384 e. The Labute approximate surface area is 189 Å².